The predicted molar refractivity (Wildman–Crippen MR) is 60.3 cm³/mol. The fourth-order valence-corrected chi connectivity index (χ4v) is 2.14. The quantitative estimate of drug-likeness (QED) is 0.821. The number of hydrogen-bond donors (Lipinski definition) is 1. The van der Waals surface area contributed by atoms with Crippen LogP contribution in [-0.2, 0) is 6.54 Å². The van der Waals surface area contributed by atoms with Crippen LogP contribution in [0.15, 0.2) is 18.6 Å². The van der Waals surface area contributed by atoms with Gasteiger partial charge in [0.1, 0.15) is 6.33 Å². The third-order valence-corrected chi connectivity index (χ3v) is 3.23. The average Bonchev–Trinajstić information content (AvgIpc) is 2.30. The van der Waals surface area contributed by atoms with E-state index in [9.17, 15) is 0 Å². The third kappa shape index (κ3) is 3.27. The van der Waals surface area contributed by atoms with E-state index < -0.39 is 0 Å². The molecule has 0 atom stereocenters. The standard InChI is InChI=1S/C12H19N3/c1-10-2-4-11(5-3-10)14-8-12-6-7-13-9-15-12/h6-7,9-11,14H,2-5,8H2,1H3. The molecule has 2 rings (SSSR count). The van der Waals surface area contributed by atoms with Crippen LogP contribution >= 0.6 is 0 Å². The molecule has 1 aromatic rings. The molecule has 1 fully saturated rings. The molecule has 1 aliphatic rings. The maximum Gasteiger partial charge on any atom is 0.115 e. The van der Waals surface area contributed by atoms with E-state index in [1.54, 1.807) is 12.5 Å². The van der Waals surface area contributed by atoms with Gasteiger partial charge in [-0.15, -0.1) is 0 Å². The van der Waals surface area contributed by atoms with E-state index in [2.05, 4.69) is 22.2 Å². The van der Waals surface area contributed by atoms with E-state index in [1.807, 2.05) is 6.07 Å². The van der Waals surface area contributed by atoms with Crippen molar-refractivity contribution in [1.29, 1.82) is 0 Å². The first-order valence-corrected chi connectivity index (χ1v) is 5.83. The van der Waals surface area contributed by atoms with Gasteiger partial charge in [0.25, 0.3) is 0 Å². The molecular formula is C12H19N3. The molecule has 1 saturated carbocycles. The highest BCUT2D eigenvalue weighted by Crippen LogP contribution is 2.23. The minimum absolute atomic E-state index is 0.691. The Morgan fingerprint density at radius 3 is 2.80 bits per heavy atom. The number of nitrogens with one attached hydrogen (secondary N) is 1. The van der Waals surface area contributed by atoms with E-state index in [0.29, 0.717) is 6.04 Å². The molecule has 1 N–H and O–H groups in total. The smallest absolute Gasteiger partial charge is 0.115 e. The third-order valence-electron chi connectivity index (χ3n) is 3.23. The topological polar surface area (TPSA) is 37.8 Å². The molecule has 0 aromatic carbocycles. The molecule has 3 nitrogen and oxygen atoms in total. The van der Waals surface area contributed by atoms with Gasteiger partial charge in [-0.25, -0.2) is 9.97 Å². The second kappa shape index (κ2) is 5.21. The van der Waals surface area contributed by atoms with Crippen LogP contribution in [0.5, 0.6) is 0 Å². The molecule has 0 spiro atoms. The van der Waals surface area contributed by atoms with Gasteiger partial charge in [0.05, 0.1) is 5.69 Å². The molecule has 82 valence electrons. The summed E-state index contributed by atoms with van der Waals surface area (Å²) in [5, 5.41) is 3.57. The summed E-state index contributed by atoms with van der Waals surface area (Å²) < 4.78 is 0. The Morgan fingerprint density at radius 2 is 2.13 bits per heavy atom. The van der Waals surface area contributed by atoms with Crippen molar-refractivity contribution in [2.45, 2.75) is 45.2 Å². The normalized spacial score (nSPS) is 26.5. The van der Waals surface area contributed by atoms with Crippen LogP contribution in [0.3, 0.4) is 0 Å². The van der Waals surface area contributed by atoms with E-state index in [4.69, 9.17) is 0 Å². The zero-order valence-electron chi connectivity index (χ0n) is 9.32. The Kier molecular flexibility index (Phi) is 3.67. The molecule has 0 radical (unpaired) electrons. The summed E-state index contributed by atoms with van der Waals surface area (Å²) in [7, 11) is 0. The average molecular weight is 205 g/mol. The fraction of sp³-hybridized carbons (Fsp3) is 0.667. The van der Waals surface area contributed by atoms with Crippen molar-refractivity contribution < 1.29 is 0 Å². The zero-order chi connectivity index (χ0) is 10.5. The lowest BCUT2D eigenvalue weighted by molar-refractivity contribution is 0.306. The summed E-state index contributed by atoms with van der Waals surface area (Å²) in [6, 6.07) is 2.66. The molecule has 1 heterocycles. The minimum atomic E-state index is 0.691. The molecular weight excluding hydrogens is 186 g/mol. The molecule has 1 aromatic heterocycles. The Morgan fingerprint density at radius 1 is 1.33 bits per heavy atom. The van der Waals surface area contributed by atoms with Gasteiger partial charge in [0.2, 0.25) is 0 Å². The monoisotopic (exact) mass is 205 g/mol. The van der Waals surface area contributed by atoms with Crippen LogP contribution in [0.4, 0.5) is 0 Å². The number of aromatic nitrogens is 2. The first-order valence-electron chi connectivity index (χ1n) is 5.83. The minimum Gasteiger partial charge on any atom is -0.308 e. The van der Waals surface area contributed by atoms with E-state index in [0.717, 1.165) is 18.2 Å². The number of nitrogens with zero attached hydrogens (tertiary/aromatic N) is 2. The lowest BCUT2D eigenvalue weighted by atomic mass is 9.87. The van der Waals surface area contributed by atoms with Crippen LogP contribution in [0.25, 0.3) is 0 Å². The van der Waals surface area contributed by atoms with E-state index >= 15 is 0 Å². The predicted octanol–water partition coefficient (Wildman–Crippen LogP) is 2.14. The van der Waals surface area contributed by atoms with Crippen LogP contribution in [0.2, 0.25) is 0 Å². The number of hydrogen-bond acceptors (Lipinski definition) is 3. The fourth-order valence-electron chi connectivity index (χ4n) is 2.14. The van der Waals surface area contributed by atoms with Crippen LogP contribution < -0.4 is 5.32 Å². The van der Waals surface area contributed by atoms with Crippen molar-refractivity contribution in [1.82, 2.24) is 15.3 Å². The summed E-state index contributed by atoms with van der Waals surface area (Å²) in [6.07, 6.45) is 8.76. The van der Waals surface area contributed by atoms with E-state index in [1.165, 1.54) is 25.7 Å². The molecule has 0 unspecified atom stereocenters. The Bertz CT molecular complexity index is 278. The highest BCUT2D eigenvalue weighted by molar-refractivity contribution is 4.97. The summed E-state index contributed by atoms with van der Waals surface area (Å²) in [6.45, 7) is 3.22. The van der Waals surface area contributed by atoms with Crippen molar-refractivity contribution in [3.05, 3.63) is 24.3 Å². The molecule has 0 bridgehead atoms. The zero-order valence-corrected chi connectivity index (χ0v) is 9.32. The van der Waals surface area contributed by atoms with Crippen molar-refractivity contribution in [3.8, 4) is 0 Å². The Labute approximate surface area is 91.3 Å². The highest BCUT2D eigenvalue weighted by atomic mass is 14.9. The summed E-state index contributed by atoms with van der Waals surface area (Å²) in [5.74, 6) is 0.919. The van der Waals surface area contributed by atoms with Crippen molar-refractivity contribution >= 4 is 0 Å². The Balaban J connectivity index is 1.74. The maximum absolute atomic E-state index is 4.20. The lowest BCUT2D eigenvalue weighted by Gasteiger charge is -2.26. The van der Waals surface area contributed by atoms with Gasteiger partial charge < -0.3 is 5.32 Å². The molecule has 0 saturated heterocycles. The van der Waals surface area contributed by atoms with Gasteiger partial charge in [0.15, 0.2) is 0 Å². The summed E-state index contributed by atoms with van der Waals surface area (Å²) in [4.78, 5) is 8.12. The van der Waals surface area contributed by atoms with Gasteiger partial charge in [-0.1, -0.05) is 6.92 Å². The van der Waals surface area contributed by atoms with Crippen molar-refractivity contribution in [2.24, 2.45) is 5.92 Å². The van der Waals surface area contributed by atoms with Crippen molar-refractivity contribution in [3.63, 3.8) is 0 Å². The van der Waals surface area contributed by atoms with Gasteiger partial charge in [-0.2, -0.15) is 0 Å². The summed E-state index contributed by atoms with van der Waals surface area (Å²) >= 11 is 0. The molecule has 3 heteroatoms. The van der Waals surface area contributed by atoms with Crippen LogP contribution in [0.1, 0.15) is 38.3 Å². The SMILES string of the molecule is CC1CCC(NCc2ccncn2)CC1. The first-order chi connectivity index (χ1) is 7.34. The molecule has 1 aliphatic carbocycles. The van der Waals surface area contributed by atoms with Crippen LogP contribution in [-0.4, -0.2) is 16.0 Å². The van der Waals surface area contributed by atoms with Gasteiger partial charge in [0, 0.05) is 18.8 Å². The lowest BCUT2D eigenvalue weighted by Crippen LogP contribution is -2.32. The maximum atomic E-state index is 4.20. The van der Waals surface area contributed by atoms with Gasteiger partial charge in [-0.05, 0) is 37.7 Å². The van der Waals surface area contributed by atoms with Gasteiger partial charge in [-0.3, -0.25) is 0 Å². The van der Waals surface area contributed by atoms with Gasteiger partial charge >= 0.3 is 0 Å². The molecule has 0 aliphatic heterocycles. The number of rotatable bonds is 3. The second-order valence-corrected chi connectivity index (χ2v) is 4.54. The molecule has 0 amide bonds. The highest BCUT2D eigenvalue weighted by Gasteiger charge is 2.17. The largest absolute Gasteiger partial charge is 0.308 e. The van der Waals surface area contributed by atoms with Crippen molar-refractivity contribution in [2.75, 3.05) is 0 Å². The molecule has 15 heavy (non-hydrogen) atoms. The second-order valence-electron chi connectivity index (χ2n) is 4.54. The first kappa shape index (κ1) is 10.6. The van der Waals surface area contributed by atoms with Crippen LogP contribution in [0, 0.1) is 5.92 Å². The van der Waals surface area contributed by atoms with E-state index in [-0.39, 0.29) is 0 Å². The Hall–Kier alpha value is -0.960. The summed E-state index contributed by atoms with van der Waals surface area (Å²) in [5.41, 5.74) is 1.09.